The Hall–Kier alpha value is -3.35. The third-order valence-electron chi connectivity index (χ3n) is 4.64. The van der Waals surface area contributed by atoms with E-state index in [9.17, 15) is 9.59 Å². The molecular formula is C21H23N3O4. The van der Waals surface area contributed by atoms with Crippen molar-refractivity contribution in [3.63, 3.8) is 0 Å². The number of hydrogen-bond acceptors (Lipinski definition) is 5. The molecule has 3 rings (SSSR count). The number of aromatic nitrogens is 2. The fourth-order valence-corrected chi connectivity index (χ4v) is 3.21. The van der Waals surface area contributed by atoms with E-state index in [0.29, 0.717) is 28.0 Å². The summed E-state index contributed by atoms with van der Waals surface area (Å²) < 4.78 is 11.9. The molecule has 7 heteroatoms. The Morgan fingerprint density at radius 3 is 2.54 bits per heavy atom. The van der Waals surface area contributed by atoms with Gasteiger partial charge in [-0.15, -0.1) is 0 Å². The monoisotopic (exact) mass is 381 g/mol. The molecule has 0 fully saturated rings. The molecule has 0 bridgehead atoms. The van der Waals surface area contributed by atoms with Crippen LogP contribution in [0.25, 0.3) is 10.8 Å². The third kappa shape index (κ3) is 3.83. The van der Waals surface area contributed by atoms with Crippen LogP contribution in [0, 0.1) is 0 Å². The second kappa shape index (κ2) is 8.12. The van der Waals surface area contributed by atoms with Gasteiger partial charge in [0.25, 0.3) is 5.56 Å². The molecule has 1 N–H and O–H groups in total. The summed E-state index contributed by atoms with van der Waals surface area (Å²) in [6, 6.07) is 12.3. The van der Waals surface area contributed by atoms with Gasteiger partial charge in [-0.05, 0) is 31.2 Å². The van der Waals surface area contributed by atoms with E-state index < -0.39 is 0 Å². The number of amides is 1. The van der Waals surface area contributed by atoms with Gasteiger partial charge in [-0.2, -0.15) is 5.10 Å². The molecule has 28 heavy (non-hydrogen) atoms. The van der Waals surface area contributed by atoms with Crippen molar-refractivity contribution in [2.75, 3.05) is 14.2 Å². The van der Waals surface area contributed by atoms with Crippen LogP contribution in [0.1, 0.15) is 24.2 Å². The number of nitrogens with zero attached hydrogens (tertiary/aromatic N) is 2. The molecule has 1 atom stereocenters. The maximum absolute atomic E-state index is 12.7. The van der Waals surface area contributed by atoms with Crippen molar-refractivity contribution in [2.24, 2.45) is 7.05 Å². The van der Waals surface area contributed by atoms with Crippen LogP contribution < -0.4 is 20.3 Å². The van der Waals surface area contributed by atoms with Crippen molar-refractivity contribution < 1.29 is 14.3 Å². The van der Waals surface area contributed by atoms with Crippen LogP contribution >= 0.6 is 0 Å². The van der Waals surface area contributed by atoms with Crippen LogP contribution in [0.5, 0.6) is 11.5 Å². The summed E-state index contributed by atoms with van der Waals surface area (Å²) >= 11 is 0. The van der Waals surface area contributed by atoms with E-state index in [1.165, 1.54) is 4.68 Å². The molecule has 1 amide bonds. The van der Waals surface area contributed by atoms with Crippen molar-refractivity contribution in [1.82, 2.24) is 15.1 Å². The normalized spacial score (nSPS) is 11.9. The van der Waals surface area contributed by atoms with Gasteiger partial charge in [-0.1, -0.05) is 18.2 Å². The first-order valence-corrected chi connectivity index (χ1v) is 8.90. The summed E-state index contributed by atoms with van der Waals surface area (Å²) in [6.07, 6.45) is 0.0608. The molecule has 0 radical (unpaired) electrons. The molecular weight excluding hydrogens is 358 g/mol. The number of benzene rings is 2. The lowest BCUT2D eigenvalue weighted by Gasteiger charge is -2.18. The van der Waals surface area contributed by atoms with Crippen LogP contribution in [0.4, 0.5) is 0 Å². The number of carbonyl (C=O) groups is 1. The molecule has 0 aliphatic carbocycles. The molecule has 0 aliphatic rings. The summed E-state index contributed by atoms with van der Waals surface area (Å²) in [5.74, 6) is 1.15. The van der Waals surface area contributed by atoms with Crippen molar-refractivity contribution in [3.05, 3.63) is 64.1 Å². The number of carbonyl (C=O) groups excluding carboxylic acids is 1. The third-order valence-corrected chi connectivity index (χ3v) is 4.64. The second-order valence-electron chi connectivity index (χ2n) is 6.49. The van der Waals surface area contributed by atoms with E-state index in [-0.39, 0.29) is 23.9 Å². The van der Waals surface area contributed by atoms with Crippen LogP contribution in [-0.4, -0.2) is 29.9 Å². The average molecular weight is 381 g/mol. The summed E-state index contributed by atoms with van der Waals surface area (Å²) in [4.78, 5) is 24.9. The lowest BCUT2D eigenvalue weighted by Crippen LogP contribution is -2.30. The van der Waals surface area contributed by atoms with Gasteiger partial charge in [0.05, 0.1) is 37.8 Å². The average Bonchev–Trinajstić information content (AvgIpc) is 2.71. The highest BCUT2D eigenvalue weighted by molar-refractivity contribution is 5.88. The van der Waals surface area contributed by atoms with E-state index in [2.05, 4.69) is 10.4 Å². The Bertz CT molecular complexity index is 1070. The Morgan fingerprint density at radius 2 is 1.86 bits per heavy atom. The van der Waals surface area contributed by atoms with Crippen molar-refractivity contribution in [3.8, 4) is 11.5 Å². The van der Waals surface area contributed by atoms with Gasteiger partial charge in [0.15, 0.2) is 0 Å². The van der Waals surface area contributed by atoms with Gasteiger partial charge in [0.2, 0.25) is 5.91 Å². The number of ether oxygens (including phenoxy) is 2. The molecule has 3 aromatic rings. The summed E-state index contributed by atoms with van der Waals surface area (Å²) in [6.45, 7) is 1.88. The minimum atomic E-state index is -0.295. The first-order chi connectivity index (χ1) is 13.4. The zero-order valence-corrected chi connectivity index (χ0v) is 16.4. The van der Waals surface area contributed by atoms with Crippen LogP contribution in [0.2, 0.25) is 0 Å². The molecule has 7 nitrogen and oxygen atoms in total. The van der Waals surface area contributed by atoms with Crippen molar-refractivity contribution >= 4 is 16.7 Å². The lowest BCUT2D eigenvalue weighted by molar-refractivity contribution is -0.121. The molecule has 1 heterocycles. The van der Waals surface area contributed by atoms with E-state index in [0.717, 1.165) is 5.56 Å². The number of hydrogen-bond donors (Lipinski definition) is 1. The summed E-state index contributed by atoms with van der Waals surface area (Å²) in [5.41, 5.74) is 1.18. The van der Waals surface area contributed by atoms with E-state index >= 15 is 0 Å². The molecule has 1 aromatic heterocycles. The lowest BCUT2D eigenvalue weighted by atomic mass is 10.1. The summed E-state index contributed by atoms with van der Waals surface area (Å²) in [7, 11) is 4.76. The van der Waals surface area contributed by atoms with Crippen LogP contribution in [-0.2, 0) is 18.3 Å². The Morgan fingerprint density at radius 1 is 1.14 bits per heavy atom. The van der Waals surface area contributed by atoms with Crippen molar-refractivity contribution in [2.45, 2.75) is 19.4 Å². The molecule has 0 spiro atoms. The molecule has 0 unspecified atom stereocenters. The topological polar surface area (TPSA) is 82.4 Å². The minimum absolute atomic E-state index is 0.0608. The Balaban J connectivity index is 1.85. The standard InChI is InChI=1S/C21H23N3O4/c1-13(17-11-14(27-3)9-10-19(17)28-4)22-20(25)12-18-15-7-5-6-8-16(15)21(26)24(2)23-18/h5-11,13H,12H2,1-4H3,(H,22,25)/t13-/m1/s1. The highest BCUT2D eigenvalue weighted by Crippen LogP contribution is 2.29. The SMILES string of the molecule is COc1ccc(OC)c([C@@H](C)NC(=O)Cc2nn(C)c(=O)c3ccccc23)c1. The number of rotatable bonds is 6. The molecule has 2 aromatic carbocycles. The quantitative estimate of drug-likeness (QED) is 0.709. The maximum Gasteiger partial charge on any atom is 0.274 e. The number of methoxy groups -OCH3 is 2. The maximum atomic E-state index is 12.7. The van der Waals surface area contributed by atoms with Gasteiger partial charge >= 0.3 is 0 Å². The van der Waals surface area contributed by atoms with Gasteiger partial charge in [0.1, 0.15) is 11.5 Å². The van der Waals surface area contributed by atoms with E-state index in [1.807, 2.05) is 19.1 Å². The molecule has 0 saturated carbocycles. The zero-order valence-electron chi connectivity index (χ0n) is 16.4. The molecule has 0 aliphatic heterocycles. The fourth-order valence-electron chi connectivity index (χ4n) is 3.21. The number of aryl methyl sites for hydroxylation is 1. The fraction of sp³-hybridized carbons (Fsp3) is 0.286. The predicted octanol–water partition coefficient (Wildman–Crippen LogP) is 2.37. The highest BCUT2D eigenvalue weighted by atomic mass is 16.5. The zero-order chi connectivity index (χ0) is 20.3. The molecule has 0 saturated heterocycles. The van der Waals surface area contributed by atoms with Gasteiger partial charge in [0, 0.05) is 18.0 Å². The van der Waals surface area contributed by atoms with E-state index in [1.54, 1.807) is 51.6 Å². The van der Waals surface area contributed by atoms with Crippen molar-refractivity contribution in [1.29, 1.82) is 0 Å². The second-order valence-corrected chi connectivity index (χ2v) is 6.49. The number of nitrogens with one attached hydrogen (secondary N) is 1. The minimum Gasteiger partial charge on any atom is -0.497 e. The summed E-state index contributed by atoms with van der Waals surface area (Å²) in [5, 5.41) is 8.48. The van der Waals surface area contributed by atoms with Gasteiger partial charge in [-0.3, -0.25) is 9.59 Å². The van der Waals surface area contributed by atoms with Gasteiger partial charge in [-0.25, -0.2) is 4.68 Å². The van der Waals surface area contributed by atoms with Gasteiger partial charge < -0.3 is 14.8 Å². The molecule has 146 valence electrons. The van der Waals surface area contributed by atoms with Crippen LogP contribution in [0.3, 0.4) is 0 Å². The Kier molecular flexibility index (Phi) is 5.63. The first kappa shape index (κ1) is 19.4. The van der Waals surface area contributed by atoms with Crippen LogP contribution in [0.15, 0.2) is 47.3 Å². The first-order valence-electron chi connectivity index (χ1n) is 8.90. The van der Waals surface area contributed by atoms with E-state index in [4.69, 9.17) is 9.47 Å². The highest BCUT2D eigenvalue weighted by Gasteiger charge is 2.17. The Labute approximate surface area is 162 Å². The largest absolute Gasteiger partial charge is 0.497 e. The smallest absolute Gasteiger partial charge is 0.274 e. The number of fused-ring (bicyclic) bond motifs is 1. The predicted molar refractivity (Wildman–Crippen MR) is 107 cm³/mol.